The summed E-state index contributed by atoms with van der Waals surface area (Å²) in [4.78, 5) is 12.0. The van der Waals surface area contributed by atoms with Crippen molar-refractivity contribution in [3.8, 4) is 0 Å². The minimum absolute atomic E-state index is 0.111. The molecule has 0 aliphatic carbocycles. The van der Waals surface area contributed by atoms with Crippen LogP contribution in [0.4, 0.5) is 4.39 Å². The molecule has 1 amide bonds. The fourth-order valence-electron chi connectivity index (χ4n) is 2.18. The molecule has 1 saturated heterocycles. The van der Waals surface area contributed by atoms with E-state index in [0.717, 1.165) is 0 Å². The smallest absolute Gasteiger partial charge is 0.251 e. The zero-order chi connectivity index (χ0) is 14.0. The lowest BCUT2D eigenvalue weighted by Gasteiger charge is -2.23. The van der Waals surface area contributed by atoms with Gasteiger partial charge in [-0.25, -0.2) is 12.8 Å². The number of carbonyl (C=O) groups excluding carboxylic acids is 1. The molecule has 2 rings (SSSR count). The van der Waals surface area contributed by atoms with E-state index >= 15 is 0 Å². The fourth-order valence-corrected chi connectivity index (χ4v) is 3.67. The molecule has 1 aromatic carbocycles. The zero-order valence-corrected chi connectivity index (χ0v) is 11.5. The van der Waals surface area contributed by atoms with Crippen LogP contribution < -0.4 is 5.32 Å². The van der Waals surface area contributed by atoms with Gasteiger partial charge in [-0.2, -0.15) is 0 Å². The topological polar surface area (TPSA) is 63.2 Å². The third-order valence-electron chi connectivity index (χ3n) is 3.32. The van der Waals surface area contributed by atoms with E-state index in [0.29, 0.717) is 24.0 Å². The van der Waals surface area contributed by atoms with Gasteiger partial charge in [-0.1, -0.05) is 0 Å². The molecule has 1 aliphatic heterocycles. The molecule has 6 heteroatoms. The molecule has 0 radical (unpaired) electrons. The summed E-state index contributed by atoms with van der Waals surface area (Å²) >= 11 is 0. The fraction of sp³-hybridized carbons (Fsp3) is 0.462. The van der Waals surface area contributed by atoms with Crippen molar-refractivity contribution in [3.05, 3.63) is 35.1 Å². The van der Waals surface area contributed by atoms with Crippen molar-refractivity contribution >= 4 is 15.7 Å². The molecule has 0 saturated carbocycles. The van der Waals surface area contributed by atoms with Gasteiger partial charge in [-0.15, -0.1) is 0 Å². The van der Waals surface area contributed by atoms with Crippen LogP contribution in [-0.2, 0) is 9.84 Å². The molecule has 0 spiro atoms. The highest BCUT2D eigenvalue weighted by atomic mass is 32.2. The molecule has 4 nitrogen and oxygen atoms in total. The Bertz CT molecular complexity index is 584. The summed E-state index contributed by atoms with van der Waals surface area (Å²) in [6.45, 7) is 1.67. The van der Waals surface area contributed by atoms with Gasteiger partial charge in [0.05, 0.1) is 11.5 Å². The van der Waals surface area contributed by atoms with Crippen LogP contribution >= 0.6 is 0 Å². The molecule has 1 aromatic rings. The molecule has 1 aliphatic rings. The van der Waals surface area contributed by atoms with Crippen molar-refractivity contribution in [1.82, 2.24) is 5.32 Å². The van der Waals surface area contributed by atoms with Gasteiger partial charge in [0.25, 0.3) is 5.91 Å². The largest absolute Gasteiger partial charge is 0.349 e. The molecule has 0 bridgehead atoms. The summed E-state index contributed by atoms with van der Waals surface area (Å²) in [5, 5.41) is 2.81. The number of benzene rings is 1. The first-order valence-electron chi connectivity index (χ1n) is 6.15. The first-order valence-corrected chi connectivity index (χ1v) is 7.97. The van der Waals surface area contributed by atoms with Gasteiger partial charge in [0.2, 0.25) is 0 Å². The van der Waals surface area contributed by atoms with Gasteiger partial charge in [0.1, 0.15) is 15.7 Å². The maximum atomic E-state index is 13.0. The molecule has 1 N–H and O–H groups in total. The number of rotatable bonds is 2. The standard InChI is InChI=1S/C13H16FNO3S/c1-9-8-10(14)2-3-12(9)13(16)15-11-4-6-19(17,18)7-5-11/h2-3,8,11H,4-7H2,1H3,(H,15,16). The molecule has 1 heterocycles. The van der Waals surface area contributed by atoms with E-state index in [1.54, 1.807) is 6.92 Å². The van der Waals surface area contributed by atoms with Gasteiger partial charge >= 0.3 is 0 Å². The Morgan fingerprint density at radius 3 is 2.53 bits per heavy atom. The van der Waals surface area contributed by atoms with Crippen molar-refractivity contribution in [1.29, 1.82) is 0 Å². The van der Waals surface area contributed by atoms with E-state index in [4.69, 9.17) is 0 Å². The number of sulfone groups is 1. The normalized spacial score (nSPS) is 19.1. The Kier molecular flexibility index (Phi) is 3.89. The Morgan fingerprint density at radius 1 is 1.32 bits per heavy atom. The predicted molar refractivity (Wildman–Crippen MR) is 70.3 cm³/mol. The van der Waals surface area contributed by atoms with E-state index in [1.165, 1.54) is 18.2 Å². The molecular weight excluding hydrogens is 269 g/mol. The van der Waals surface area contributed by atoms with E-state index in [1.807, 2.05) is 0 Å². The molecule has 0 unspecified atom stereocenters. The van der Waals surface area contributed by atoms with Gasteiger partial charge in [-0.05, 0) is 43.5 Å². The summed E-state index contributed by atoms with van der Waals surface area (Å²) in [6, 6.07) is 3.87. The quantitative estimate of drug-likeness (QED) is 0.894. The summed E-state index contributed by atoms with van der Waals surface area (Å²) < 4.78 is 35.5. The van der Waals surface area contributed by atoms with Gasteiger partial charge in [0.15, 0.2) is 0 Å². The van der Waals surface area contributed by atoms with E-state index in [9.17, 15) is 17.6 Å². The Balaban J connectivity index is 2.02. The van der Waals surface area contributed by atoms with E-state index < -0.39 is 9.84 Å². The monoisotopic (exact) mass is 285 g/mol. The molecular formula is C13H16FNO3S. The van der Waals surface area contributed by atoms with Crippen molar-refractivity contribution in [2.24, 2.45) is 0 Å². The lowest BCUT2D eigenvalue weighted by molar-refractivity contribution is 0.0933. The molecule has 19 heavy (non-hydrogen) atoms. The van der Waals surface area contributed by atoms with Crippen LogP contribution in [0.3, 0.4) is 0 Å². The van der Waals surface area contributed by atoms with Crippen LogP contribution in [0.1, 0.15) is 28.8 Å². The average Bonchev–Trinajstić information content (AvgIpc) is 2.31. The van der Waals surface area contributed by atoms with Gasteiger partial charge in [0, 0.05) is 11.6 Å². The molecule has 0 atom stereocenters. The number of nitrogens with one attached hydrogen (secondary N) is 1. The second-order valence-electron chi connectivity index (χ2n) is 4.86. The minimum atomic E-state index is -2.93. The minimum Gasteiger partial charge on any atom is -0.349 e. The molecule has 1 fully saturated rings. The van der Waals surface area contributed by atoms with Crippen LogP contribution in [0, 0.1) is 12.7 Å². The first kappa shape index (κ1) is 14.0. The van der Waals surface area contributed by atoms with Crippen molar-refractivity contribution in [2.75, 3.05) is 11.5 Å². The first-order chi connectivity index (χ1) is 8.87. The maximum absolute atomic E-state index is 13.0. The predicted octanol–water partition coefficient (Wildman–Crippen LogP) is 1.44. The maximum Gasteiger partial charge on any atom is 0.251 e. The number of hydrogen-bond donors (Lipinski definition) is 1. The third kappa shape index (κ3) is 3.53. The third-order valence-corrected chi connectivity index (χ3v) is 5.04. The number of aryl methyl sites for hydroxylation is 1. The average molecular weight is 285 g/mol. The van der Waals surface area contributed by atoms with Crippen molar-refractivity contribution in [2.45, 2.75) is 25.8 Å². The van der Waals surface area contributed by atoms with Crippen LogP contribution in [0.25, 0.3) is 0 Å². The summed E-state index contributed by atoms with van der Waals surface area (Å²) in [5.74, 6) is -0.430. The Labute approximate surface area is 111 Å². The van der Waals surface area contributed by atoms with Crippen molar-refractivity contribution in [3.63, 3.8) is 0 Å². The Morgan fingerprint density at radius 2 is 1.95 bits per heavy atom. The number of hydrogen-bond acceptors (Lipinski definition) is 3. The second-order valence-corrected chi connectivity index (χ2v) is 7.16. The molecule has 104 valence electrons. The highest BCUT2D eigenvalue weighted by Gasteiger charge is 2.25. The molecule has 0 aromatic heterocycles. The number of amides is 1. The van der Waals surface area contributed by atoms with Crippen LogP contribution in [-0.4, -0.2) is 31.9 Å². The van der Waals surface area contributed by atoms with Gasteiger partial charge in [-0.3, -0.25) is 4.79 Å². The highest BCUT2D eigenvalue weighted by molar-refractivity contribution is 7.91. The Hall–Kier alpha value is -1.43. The van der Waals surface area contributed by atoms with Crippen molar-refractivity contribution < 1.29 is 17.6 Å². The second kappa shape index (κ2) is 5.28. The van der Waals surface area contributed by atoms with E-state index in [-0.39, 0.29) is 29.3 Å². The van der Waals surface area contributed by atoms with Crippen LogP contribution in [0.2, 0.25) is 0 Å². The lowest BCUT2D eigenvalue weighted by atomic mass is 10.1. The number of halogens is 1. The van der Waals surface area contributed by atoms with Crippen LogP contribution in [0.15, 0.2) is 18.2 Å². The summed E-state index contributed by atoms with van der Waals surface area (Å²) in [6.07, 6.45) is 0.878. The van der Waals surface area contributed by atoms with Gasteiger partial charge < -0.3 is 5.32 Å². The zero-order valence-electron chi connectivity index (χ0n) is 10.6. The lowest BCUT2D eigenvalue weighted by Crippen LogP contribution is -2.41. The highest BCUT2D eigenvalue weighted by Crippen LogP contribution is 2.14. The number of carbonyl (C=O) groups is 1. The van der Waals surface area contributed by atoms with E-state index in [2.05, 4.69) is 5.32 Å². The van der Waals surface area contributed by atoms with Crippen LogP contribution in [0.5, 0.6) is 0 Å². The summed E-state index contributed by atoms with van der Waals surface area (Å²) in [5.41, 5.74) is 0.996. The SMILES string of the molecule is Cc1cc(F)ccc1C(=O)NC1CCS(=O)(=O)CC1. The summed E-state index contributed by atoms with van der Waals surface area (Å²) in [7, 11) is -2.93.